The summed E-state index contributed by atoms with van der Waals surface area (Å²) < 4.78 is 0. The van der Waals surface area contributed by atoms with E-state index in [1.807, 2.05) is 40.1 Å². The van der Waals surface area contributed by atoms with Crippen molar-refractivity contribution in [2.75, 3.05) is 24.5 Å². The van der Waals surface area contributed by atoms with E-state index in [4.69, 9.17) is 0 Å². The maximum atomic E-state index is 13.1. The van der Waals surface area contributed by atoms with Crippen molar-refractivity contribution in [1.29, 1.82) is 5.26 Å². The number of hydrogen-bond acceptors (Lipinski definition) is 3. The molecule has 126 valence electrons. The lowest BCUT2D eigenvalue weighted by Crippen LogP contribution is -2.45. The van der Waals surface area contributed by atoms with Crippen LogP contribution in [0.5, 0.6) is 0 Å². The molecule has 5 nitrogen and oxygen atoms in total. The fourth-order valence-corrected chi connectivity index (χ4v) is 3.91. The van der Waals surface area contributed by atoms with Crippen molar-refractivity contribution >= 4 is 11.7 Å². The van der Waals surface area contributed by atoms with Crippen molar-refractivity contribution < 1.29 is 4.79 Å². The summed E-state index contributed by atoms with van der Waals surface area (Å²) in [7, 11) is 0. The second kappa shape index (κ2) is 6.21. The molecule has 0 spiro atoms. The third kappa shape index (κ3) is 2.64. The first-order valence-electron chi connectivity index (χ1n) is 8.70. The van der Waals surface area contributed by atoms with Gasteiger partial charge in [-0.15, -0.1) is 0 Å². The minimum absolute atomic E-state index is 0.00756. The van der Waals surface area contributed by atoms with Gasteiger partial charge in [-0.25, -0.2) is 4.79 Å². The van der Waals surface area contributed by atoms with Crippen LogP contribution < -0.4 is 4.90 Å². The number of urea groups is 1. The summed E-state index contributed by atoms with van der Waals surface area (Å²) in [4.78, 5) is 21.0. The summed E-state index contributed by atoms with van der Waals surface area (Å²) >= 11 is 0. The van der Waals surface area contributed by atoms with E-state index in [1.165, 1.54) is 5.56 Å². The summed E-state index contributed by atoms with van der Waals surface area (Å²) in [5.41, 5.74) is 2.47. The van der Waals surface area contributed by atoms with Crippen LogP contribution in [0, 0.1) is 11.3 Å². The number of rotatable bonds is 1. The molecule has 2 aliphatic heterocycles. The van der Waals surface area contributed by atoms with Gasteiger partial charge in [0.1, 0.15) is 5.41 Å². The molecular formula is C20H20N4O. The number of anilines is 1. The fraction of sp³-hybridized carbons (Fsp3) is 0.350. The molecule has 1 unspecified atom stereocenters. The zero-order valence-corrected chi connectivity index (χ0v) is 14.1. The number of benzene rings is 1. The predicted octanol–water partition coefficient (Wildman–Crippen LogP) is 3.12. The van der Waals surface area contributed by atoms with E-state index >= 15 is 0 Å². The van der Waals surface area contributed by atoms with Crippen molar-refractivity contribution in [3.63, 3.8) is 0 Å². The molecule has 1 aromatic heterocycles. The van der Waals surface area contributed by atoms with Gasteiger partial charge in [0.15, 0.2) is 0 Å². The number of nitrogens with zero attached hydrogens (tertiary/aromatic N) is 4. The van der Waals surface area contributed by atoms with Gasteiger partial charge >= 0.3 is 6.03 Å². The molecule has 1 fully saturated rings. The first kappa shape index (κ1) is 15.6. The highest BCUT2D eigenvalue weighted by molar-refractivity contribution is 5.93. The molecule has 2 aromatic rings. The number of para-hydroxylation sites is 1. The van der Waals surface area contributed by atoms with E-state index in [2.05, 4.69) is 17.1 Å². The zero-order chi connectivity index (χ0) is 17.3. The molecule has 0 bridgehead atoms. The van der Waals surface area contributed by atoms with E-state index in [-0.39, 0.29) is 6.03 Å². The molecular weight excluding hydrogens is 312 g/mol. The number of pyridine rings is 1. The summed E-state index contributed by atoms with van der Waals surface area (Å²) in [6.07, 6.45) is 6.08. The smallest absolute Gasteiger partial charge is 0.322 e. The van der Waals surface area contributed by atoms with Crippen LogP contribution >= 0.6 is 0 Å². The Morgan fingerprint density at radius 1 is 1.20 bits per heavy atom. The van der Waals surface area contributed by atoms with Crippen LogP contribution in [-0.2, 0) is 11.8 Å². The van der Waals surface area contributed by atoms with Crippen LogP contribution in [-0.4, -0.2) is 35.5 Å². The Morgan fingerprint density at radius 3 is 2.88 bits per heavy atom. The number of aryl methyl sites for hydroxylation is 1. The molecule has 0 N–H and O–H groups in total. The van der Waals surface area contributed by atoms with Crippen LogP contribution in [0.25, 0.3) is 0 Å². The largest absolute Gasteiger partial charge is 0.324 e. The monoisotopic (exact) mass is 332 g/mol. The second-order valence-corrected chi connectivity index (χ2v) is 6.77. The third-order valence-electron chi connectivity index (χ3n) is 5.31. The van der Waals surface area contributed by atoms with Crippen molar-refractivity contribution in [2.24, 2.45) is 0 Å². The number of carbonyl (C=O) groups is 1. The van der Waals surface area contributed by atoms with Gasteiger partial charge in [-0.1, -0.05) is 24.3 Å². The van der Waals surface area contributed by atoms with Gasteiger partial charge in [0.2, 0.25) is 0 Å². The first-order chi connectivity index (χ1) is 12.2. The average molecular weight is 332 g/mol. The average Bonchev–Trinajstić information content (AvgIpc) is 3.14. The highest BCUT2D eigenvalue weighted by atomic mass is 16.2. The lowest BCUT2D eigenvalue weighted by atomic mass is 9.82. The summed E-state index contributed by atoms with van der Waals surface area (Å²) in [5, 5.41) is 9.81. The molecule has 0 radical (unpaired) electrons. The SMILES string of the molecule is N#CC1(c2cccnc2)CCN(C(=O)N2CCCc3ccccc32)C1. The van der Waals surface area contributed by atoms with Crippen molar-refractivity contribution in [3.8, 4) is 6.07 Å². The minimum atomic E-state index is -0.654. The normalized spacial score (nSPS) is 22.4. The molecule has 3 heterocycles. The highest BCUT2D eigenvalue weighted by Crippen LogP contribution is 2.35. The Labute approximate surface area is 147 Å². The Hall–Kier alpha value is -2.87. The quantitative estimate of drug-likeness (QED) is 0.806. The van der Waals surface area contributed by atoms with Crippen LogP contribution in [0.15, 0.2) is 48.8 Å². The maximum absolute atomic E-state index is 13.1. The molecule has 5 heteroatoms. The van der Waals surface area contributed by atoms with Crippen molar-refractivity contribution in [1.82, 2.24) is 9.88 Å². The Bertz CT molecular complexity index is 829. The zero-order valence-electron chi connectivity index (χ0n) is 14.1. The van der Waals surface area contributed by atoms with E-state index in [0.717, 1.165) is 30.6 Å². The van der Waals surface area contributed by atoms with Crippen LogP contribution in [0.2, 0.25) is 0 Å². The summed E-state index contributed by atoms with van der Waals surface area (Å²) in [6.45, 7) is 1.76. The molecule has 1 saturated heterocycles. The minimum Gasteiger partial charge on any atom is -0.322 e. The third-order valence-corrected chi connectivity index (χ3v) is 5.31. The molecule has 25 heavy (non-hydrogen) atoms. The van der Waals surface area contributed by atoms with Gasteiger partial charge in [0.25, 0.3) is 0 Å². The van der Waals surface area contributed by atoms with Crippen molar-refractivity contribution in [2.45, 2.75) is 24.7 Å². The molecule has 0 aliphatic carbocycles. The van der Waals surface area contributed by atoms with E-state index in [9.17, 15) is 10.1 Å². The number of hydrogen-bond donors (Lipinski definition) is 0. The number of aromatic nitrogens is 1. The highest BCUT2D eigenvalue weighted by Gasteiger charge is 2.43. The van der Waals surface area contributed by atoms with Gasteiger partial charge < -0.3 is 4.90 Å². The van der Waals surface area contributed by atoms with E-state index < -0.39 is 5.41 Å². The van der Waals surface area contributed by atoms with Crippen molar-refractivity contribution in [3.05, 3.63) is 59.9 Å². The van der Waals surface area contributed by atoms with Crippen LogP contribution in [0.1, 0.15) is 24.0 Å². The topological polar surface area (TPSA) is 60.2 Å². The molecule has 4 rings (SSSR count). The van der Waals surface area contributed by atoms with Gasteiger partial charge in [0.05, 0.1) is 6.07 Å². The molecule has 1 aromatic carbocycles. The number of fused-ring (bicyclic) bond motifs is 1. The molecule has 2 aliphatic rings. The van der Waals surface area contributed by atoms with E-state index in [0.29, 0.717) is 19.5 Å². The van der Waals surface area contributed by atoms with Gasteiger partial charge in [0, 0.05) is 37.7 Å². The summed E-state index contributed by atoms with van der Waals surface area (Å²) in [5.74, 6) is 0. The Kier molecular flexibility index (Phi) is 3.89. The Morgan fingerprint density at radius 2 is 2.08 bits per heavy atom. The van der Waals surface area contributed by atoms with Crippen LogP contribution in [0.3, 0.4) is 0 Å². The predicted molar refractivity (Wildman–Crippen MR) is 95.2 cm³/mol. The Balaban J connectivity index is 1.59. The van der Waals surface area contributed by atoms with Gasteiger partial charge in [-0.05, 0) is 42.5 Å². The molecule has 2 amide bonds. The lowest BCUT2D eigenvalue weighted by molar-refractivity contribution is 0.213. The maximum Gasteiger partial charge on any atom is 0.324 e. The second-order valence-electron chi connectivity index (χ2n) is 6.77. The first-order valence-corrected chi connectivity index (χ1v) is 8.70. The summed E-state index contributed by atoms with van der Waals surface area (Å²) in [6, 6.07) is 14.3. The lowest BCUT2D eigenvalue weighted by Gasteiger charge is -2.33. The van der Waals surface area contributed by atoms with Crippen LogP contribution in [0.4, 0.5) is 10.5 Å². The number of nitriles is 1. The number of amides is 2. The standard InChI is InChI=1S/C20H20N4O/c21-14-20(17-7-3-10-22-13-17)9-12-23(15-20)19(25)24-11-4-6-16-5-1-2-8-18(16)24/h1-3,5,7-8,10,13H,4,6,9,11-12,15H2. The van der Waals surface area contributed by atoms with Gasteiger partial charge in [-0.2, -0.15) is 5.26 Å². The molecule has 1 atom stereocenters. The van der Waals surface area contributed by atoms with Gasteiger partial charge in [-0.3, -0.25) is 9.88 Å². The number of carbonyl (C=O) groups excluding carboxylic acids is 1. The molecule has 0 saturated carbocycles. The number of likely N-dealkylation sites (tertiary alicyclic amines) is 1. The fourth-order valence-electron chi connectivity index (χ4n) is 3.91. The van der Waals surface area contributed by atoms with E-state index in [1.54, 1.807) is 12.4 Å².